The molecule has 0 heteroatoms. The fourth-order valence-electron chi connectivity index (χ4n) is 1.22. The Morgan fingerprint density at radius 1 is 0.667 bits per heavy atom. The zero-order chi connectivity index (χ0) is 9.07. The van der Waals surface area contributed by atoms with Gasteiger partial charge in [0.05, 0.1) is 0 Å². The van der Waals surface area contributed by atoms with Gasteiger partial charge in [0.1, 0.15) is 0 Å². The third-order valence-corrected chi connectivity index (χ3v) is 2.10. The van der Waals surface area contributed by atoms with Crippen molar-refractivity contribution in [3.63, 3.8) is 0 Å². The molecule has 0 aromatic rings. The van der Waals surface area contributed by atoms with Crippen LogP contribution in [-0.2, 0) is 0 Å². The SMILES string of the molecule is CCCC[CH]CC[CH]CCCC. The Balaban J connectivity index is 2.73. The van der Waals surface area contributed by atoms with Gasteiger partial charge in [-0.05, 0) is 25.7 Å². The number of unbranched alkanes of at least 4 members (excludes halogenated alkanes) is 9. The van der Waals surface area contributed by atoms with Gasteiger partial charge in [0, 0.05) is 0 Å². The van der Waals surface area contributed by atoms with Crippen molar-refractivity contribution in [1.82, 2.24) is 0 Å². The number of hydrogen-bond acceptors (Lipinski definition) is 0. The van der Waals surface area contributed by atoms with Crippen LogP contribution in [0.2, 0.25) is 0 Å². The third kappa shape index (κ3) is 10.0. The van der Waals surface area contributed by atoms with Crippen LogP contribution < -0.4 is 0 Å². The van der Waals surface area contributed by atoms with Crippen LogP contribution in [0, 0.1) is 12.8 Å². The monoisotopic (exact) mass is 168 g/mol. The van der Waals surface area contributed by atoms with Gasteiger partial charge < -0.3 is 0 Å². The summed E-state index contributed by atoms with van der Waals surface area (Å²) in [7, 11) is 0. The van der Waals surface area contributed by atoms with Crippen LogP contribution in [-0.4, -0.2) is 0 Å². The highest BCUT2D eigenvalue weighted by atomic mass is 14.0. The lowest BCUT2D eigenvalue weighted by atomic mass is 10.1. The summed E-state index contributed by atoms with van der Waals surface area (Å²) in [5.41, 5.74) is 0. The molecule has 2 radical (unpaired) electrons. The van der Waals surface area contributed by atoms with Crippen molar-refractivity contribution in [1.29, 1.82) is 0 Å². The Hall–Kier alpha value is 0. The Kier molecular flexibility index (Phi) is 11.0. The molecule has 0 aliphatic heterocycles. The molecule has 0 unspecified atom stereocenters. The van der Waals surface area contributed by atoms with Crippen LogP contribution in [0.1, 0.15) is 65.2 Å². The summed E-state index contributed by atoms with van der Waals surface area (Å²) in [5.74, 6) is 0. The van der Waals surface area contributed by atoms with Crippen LogP contribution in [0.15, 0.2) is 0 Å². The summed E-state index contributed by atoms with van der Waals surface area (Å²) in [5, 5.41) is 0. The summed E-state index contributed by atoms with van der Waals surface area (Å²) < 4.78 is 0. The van der Waals surface area contributed by atoms with E-state index < -0.39 is 0 Å². The van der Waals surface area contributed by atoms with E-state index in [9.17, 15) is 0 Å². The van der Waals surface area contributed by atoms with Crippen LogP contribution >= 0.6 is 0 Å². The second-order valence-electron chi connectivity index (χ2n) is 3.44. The summed E-state index contributed by atoms with van der Waals surface area (Å²) in [6.45, 7) is 4.50. The first-order valence-electron chi connectivity index (χ1n) is 5.55. The smallest absolute Gasteiger partial charge is 0.0386 e. The van der Waals surface area contributed by atoms with E-state index in [0.717, 1.165) is 0 Å². The minimum atomic E-state index is 1.30. The summed E-state index contributed by atoms with van der Waals surface area (Å²) in [6.07, 6.45) is 15.5. The molecule has 0 bridgehead atoms. The van der Waals surface area contributed by atoms with Gasteiger partial charge in [-0.15, -0.1) is 0 Å². The van der Waals surface area contributed by atoms with Crippen molar-refractivity contribution in [3.8, 4) is 0 Å². The van der Waals surface area contributed by atoms with Crippen LogP contribution in [0.3, 0.4) is 0 Å². The van der Waals surface area contributed by atoms with Gasteiger partial charge in [-0.1, -0.05) is 52.4 Å². The molecule has 12 heavy (non-hydrogen) atoms. The lowest BCUT2D eigenvalue weighted by Gasteiger charge is -1.99. The molecule has 0 atom stereocenters. The van der Waals surface area contributed by atoms with Gasteiger partial charge in [-0.25, -0.2) is 0 Å². The van der Waals surface area contributed by atoms with Crippen LogP contribution in [0.25, 0.3) is 0 Å². The van der Waals surface area contributed by atoms with Gasteiger partial charge in [-0.3, -0.25) is 0 Å². The van der Waals surface area contributed by atoms with Gasteiger partial charge >= 0.3 is 0 Å². The molecule has 72 valence electrons. The summed E-state index contributed by atoms with van der Waals surface area (Å²) >= 11 is 0. The molecule has 0 spiro atoms. The van der Waals surface area contributed by atoms with Gasteiger partial charge in [-0.2, -0.15) is 0 Å². The zero-order valence-corrected chi connectivity index (χ0v) is 8.81. The Morgan fingerprint density at radius 3 is 1.42 bits per heavy atom. The van der Waals surface area contributed by atoms with Crippen LogP contribution in [0.5, 0.6) is 0 Å². The number of rotatable bonds is 9. The average molecular weight is 168 g/mol. The predicted molar refractivity (Wildman–Crippen MR) is 56.9 cm³/mol. The second kappa shape index (κ2) is 11.0. The Morgan fingerprint density at radius 2 is 1.08 bits per heavy atom. The first kappa shape index (κ1) is 12.0. The summed E-state index contributed by atoms with van der Waals surface area (Å²) in [4.78, 5) is 0. The molecule has 0 heterocycles. The van der Waals surface area contributed by atoms with E-state index in [1.54, 1.807) is 0 Å². The molecular weight excluding hydrogens is 144 g/mol. The van der Waals surface area contributed by atoms with Crippen molar-refractivity contribution < 1.29 is 0 Å². The van der Waals surface area contributed by atoms with Crippen molar-refractivity contribution in [2.45, 2.75) is 65.2 Å². The maximum absolute atomic E-state index is 2.44. The molecular formula is C12H24. The van der Waals surface area contributed by atoms with E-state index in [0.29, 0.717) is 0 Å². The highest BCUT2D eigenvalue weighted by Gasteiger charge is 1.90. The first-order chi connectivity index (χ1) is 5.91. The van der Waals surface area contributed by atoms with Crippen molar-refractivity contribution in [3.05, 3.63) is 12.8 Å². The molecule has 0 saturated heterocycles. The zero-order valence-electron chi connectivity index (χ0n) is 8.81. The fraction of sp³-hybridized carbons (Fsp3) is 0.833. The summed E-state index contributed by atoms with van der Waals surface area (Å²) in [6, 6.07) is 0. The Bertz CT molecular complexity index is 56.4. The lowest BCUT2D eigenvalue weighted by Crippen LogP contribution is -1.81. The molecule has 0 aliphatic carbocycles. The molecule has 0 rings (SSSR count). The standard InChI is InChI=1S/C12H24/c1-3-5-7-9-11-12-10-8-6-4-2/h9-10H,3-8,11-12H2,1-2H3. The molecule has 0 fully saturated rings. The average Bonchev–Trinajstić information content (AvgIpc) is 2.10. The number of hydrogen-bond donors (Lipinski definition) is 0. The van der Waals surface area contributed by atoms with E-state index in [1.165, 1.54) is 51.4 Å². The Labute approximate surface area is 78.8 Å². The minimum absolute atomic E-state index is 1.30. The minimum Gasteiger partial charge on any atom is -0.0654 e. The van der Waals surface area contributed by atoms with Gasteiger partial charge in [0.15, 0.2) is 0 Å². The normalized spacial score (nSPS) is 10.5. The molecule has 0 aromatic heterocycles. The highest BCUT2D eigenvalue weighted by molar-refractivity contribution is 4.71. The van der Waals surface area contributed by atoms with Crippen LogP contribution in [0.4, 0.5) is 0 Å². The largest absolute Gasteiger partial charge is 0.0654 e. The molecule has 0 aliphatic rings. The predicted octanol–water partition coefficient (Wildman–Crippen LogP) is 4.56. The topological polar surface area (TPSA) is 0 Å². The maximum Gasteiger partial charge on any atom is -0.0386 e. The van der Waals surface area contributed by atoms with Crippen molar-refractivity contribution in [2.75, 3.05) is 0 Å². The van der Waals surface area contributed by atoms with E-state index in [1.807, 2.05) is 0 Å². The maximum atomic E-state index is 2.44. The van der Waals surface area contributed by atoms with Crippen molar-refractivity contribution >= 4 is 0 Å². The lowest BCUT2D eigenvalue weighted by molar-refractivity contribution is 0.709. The van der Waals surface area contributed by atoms with E-state index >= 15 is 0 Å². The molecule has 0 aromatic carbocycles. The highest BCUT2D eigenvalue weighted by Crippen LogP contribution is 2.08. The van der Waals surface area contributed by atoms with E-state index in [4.69, 9.17) is 0 Å². The van der Waals surface area contributed by atoms with E-state index in [2.05, 4.69) is 26.7 Å². The second-order valence-corrected chi connectivity index (χ2v) is 3.44. The third-order valence-electron chi connectivity index (χ3n) is 2.10. The molecule has 0 amide bonds. The quantitative estimate of drug-likeness (QED) is 0.443. The molecule has 0 N–H and O–H groups in total. The van der Waals surface area contributed by atoms with Crippen molar-refractivity contribution in [2.24, 2.45) is 0 Å². The molecule has 0 saturated carbocycles. The molecule has 0 nitrogen and oxygen atoms in total. The fourth-order valence-corrected chi connectivity index (χ4v) is 1.22. The van der Waals surface area contributed by atoms with E-state index in [-0.39, 0.29) is 0 Å². The van der Waals surface area contributed by atoms with Gasteiger partial charge in [0.25, 0.3) is 0 Å². The van der Waals surface area contributed by atoms with Gasteiger partial charge in [0.2, 0.25) is 0 Å². The first-order valence-corrected chi connectivity index (χ1v) is 5.55.